The minimum Gasteiger partial charge on any atom is -0.396 e. The number of aliphatic hydroxyl groups is 1. The highest BCUT2D eigenvalue weighted by Crippen LogP contribution is 2.23. The molecule has 0 radical (unpaired) electrons. The van der Waals surface area contributed by atoms with E-state index in [-0.39, 0.29) is 6.61 Å². The molecule has 2 nitrogen and oxygen atoms in total. The quantitative estimate of drug-likeness (QED) is 0.503. The summed E-state index contributed by atoms with van der Waals surface area (Å²) in [6.45, 7) is 2.27. The summed E-state index contributed by atoms with van der Waals surface area (Å²) >= 11 is 0. The van der Waals surface area contributed by atoms with Crippen LogP contribution in [-0.4, -0.2) is 23.9 Å². The maximum Gasteiger partial charge on any atom is 0.0860 e. The smallest absolute Gasteiger partial charge is 0.0860 e. The number of hydrogen-bond acceptors (Lipinski definition) is 2. The summed E-state index contributed by atoms with van der Waals surface area (Å²) in [6.07, 6.45) is 1.58. The molecule has 1 rings (SSSR count). The van der Waals surface area contributed by atoms with Gasteiger partial charge >= 0.3 is 0 Å². The Bertz CT molecular complexity index is 63.1. The predicted octanol–water partition coefficient (Wildman–Crippen LogP) is 0.156. The molecule has 1 N–H and O–H groups in total. The zero-order valence-electron chi connectivity index (χ0n) is 4.42. The van der Waals surface area contributed by atoms with Crippen LogP contribution in [0.4, 0.5) is 0 Å². The second-order valence-corrected chi connectivity index (χ2v) is 1.89. The van der Waals surface area contributed by atoms with Gasteiger partial charge in [0.1, 0.15) is 0 Å². The first-order valence-corrected chi connectivity index (χ1v) is 2.61. The molecule has 1 saturated heterocycles. The van der Waals surface area contributed by atoms with E-state index in [9.17, 15) is 0 Å². The van der Waals surface area contributed by atoms with Gasteiger partial charge < -0.3 is 9.84 Å². The SMILES string of the molecule is C[C@H]1O[C@@H]1CCO. The van der Waals surface area contributed by atoms with Gasteiger partial charge in [0.25, 0.3) is 0 Å². The van der Waals surface area contributed by atoms with E-state index in [2.05, 4.69) is 0 Å². The van der Waals surface area contributed by atoms with E-state index in [1.807, 2.05) is 6.92 Å². The average Bonchev–Trinajstić information content (AvgIpc) is 2.22. The second kappa shape index (κ2) is 1.80. The summed E-state index contributed by atoms with van der Waals surface area (Å²) in [6, 6.07) is 0. The molecular formula is C5H10O2. The number of ether oxygens (including phenoxy) is 1. The Hall–Kier alpha value is -0.0800. The van der Waals surface area contributed by atoms with E-state index in [1.165, 1.54) is 0 Å². The van der Waals surface area contributed by atoms with Gasteiger partial charge in [-0.1, -0.05) is 0 Å². The highest BCUT2D eigenvalue weighted by molar-refractivity contribution is 4.79. The first-order valence-electron chi connectivity index (χ1n) is 2.61. The van der Waals surface area contributed by atoms with E-state index < -0.39 is 0 Å². The molecule has 1 aliphatic rings. The van der Waals surface area contributed by atoms with Crippen LogP contribution in [0.25, 0.3) is 0 Å². The van der Waals surface area contributed by atoms with Gasteiger partial charge in [0.2, 0.25) is 0 Å². The monoisotopic (exact) mass is 102 g/mol. The van der Waals surface area contributed by atoms with Gasteiger partial charge in [-0.25, -0.2) is 0 Å². The van der Waals surface area contributed by atoms with Crippen molar-refractivity contribution in [2.24, 2.45) is 0 Å². The first-order chi connectivity index (χ1) is 3.34. The summed E-state index contributed by atoms with van der Waals surface area (Å²) in [5.41, 5.74) is 0. The Kier molecular flexibility index (Phi) is 1.30. The van der Waals surface area contributed by atoms with Crippen molar-refractivity contribution in [2.45, 2.75) is 25.6 Å². The van der Waals surface area contributed by atoms with Gasteiger partial charge in [-0.15, -0.1) is 0 Å². The zero-order chi connectivity index (χ0) is 5.28. The van der Waals surface area contributed by atoms with Crippen molar-refractivity contribution in [1.29, 1.82) is 0 Å². The third-order valence-electron chi connectivity index (χ3n) is 1.25. The summed E-state index contributed by atoms with van der Waals surface area (Å²) in [7, 11) is 0. The van der Waals surface area contributed by atoms with E-state index in [0.29, 0.717) is 12.2 Å². The Morgan fingerprint density at radius 3 is 2.43 bits per heavy atom. The van der Waals surface area contributed by atoms with Gasteiger partial charge in [-0.3, -0.25) is 0 Å². The lowest BCUT2D eigenvalue weighted by molar-refractivity contribution is 0.263. The Morgan fingerprint density at radius 1 is 1.71 bits per heavy atom. The molecule has 0 aromatic heterocycles. The fraction of sp³-hybridized carbons (Fsp3) is 1.00. The molecule has 2 atom stereocenters. The summed E-state index contributed by atoms with van der Waals surface area (Å²) in [4.78, 5) is 0. The fourth-order valence-electron chi connectivity index (χ4n) is 0.660. The lowest BCUT2D eigenvalue weighted by Crippen LogP contribution is -1.92. The van der Waals surface area contributed by atoms with Gasteiger partial charge in [-0.05, 0) is 13.3 Å². The van der Waals surface area contributed by atoms with Crippen LogP contribution < -0.4 is 0 Å². The van der Waals surface area contributed by atoms with Crippen molar-refractivity contribution < 1.29 is 9.84 Å². The normalized spacial score (nSPS) is 38.6. The average molecular weight is 102 g/mol. The van der Waals surface area contributed by atoms with Gasteiger partial charge in [-0.2, -0.15) is 0 Å². The van der Waals surface area contributed by atoms with E-state index in [0.717, 1.165) is 6.42 Å². The molecule has 1 aliphatic heterocycles. The van der Waals surface area contributed by atoms with E-state index in [1.54, 1.807) is 0 Å². The van der Waals surface area contributed by atoms with Crippen LogP contribution in [0.3, 0.4) is 0 Å². The van der Waals surface area contributed by atoms with Crippen LogP contribution in [0, 0.1) is 0 Å². The molecule has 42 valence electrons. The molecular weight excluding hydrogens is 92.1 g/mol. The topological polar surface area (TPSA) is 32.8 Å². The van der Waals surface area contributed by atoms with Crippen LogP contribution in [0.1, 0.15) is 13.3 Å². The van der Waals surface area contributed by atoms with E-state index in [4.69, 9.17) is 9.84 Å². The molecule has 1 heterocycles. The molecule has 0 amide bonds. The molecule has 2 heteroatoms. The van der Waals surface area contributed by atoms with Crippen LogP contribution in [0.15, 0.2) is 0 Å². The number of rotatable bonds is 2. The summed E-state index contributed by atoms with van der Waals surface area (Å²) < 4.78 is 5.00. The Morgan fingerprint density at radius 2 is 2.29 bits per heavy atom. The zero-order valence-corrected chi connectivity index (χ0v) is 4.42. The van der Waals surface area contributed by atoms with E-state index >= 15 is 0 Å². The summed E-state index contributed by atoms with van der Waals surface area (Å²) in [5.74, 6) is 0. The molecule has 7 heavy (non-hydrogen) atoms. The van der Waals surface area contributed by atoms with Gasteiger partial charge in [0.15, 0.2) is 0 Å². The van der Waals surface area contributed by atoms with Crippen molar-refractivity contribution >= 4 is 0 Å². The van der Waals surface area contributed by atoms with Crippen LogP contribution >= 0.6 is 0 Å². The predicted molar refractivity (Wildman–Crippen MR) is 26.0 cm³/mol. The molecule has 0 unspecified atom stereocenters. The third kappa shape index (κ3) is 1.14. The standard InChI is InChI=1S/C5H10O2/c1-4-5(7-4)2-3-6/h4-6H,2-3H2,1H3/t4-,5-/m1/s1. The minimum absolute atomic E-state index is 0.259. The van der Waals surface area contributed by atoms with Crippen molar-refractivity contribution in [3.8, 4) is 0 Å². The maximum absolute atomic E-state index is 8.31. The van der Waals surface area contributed by atoms with Crippen molar-refractivity contribution in [3.05, 3.63) is 0 Å². The molecule has 0 saturated carbocycles. The Labute approximate surface area is 43.1 Å². The third-order valence-corrected chi connectivity index (χ3v) is 1.25. The molecule has 0 spiro atoms. The largest absolute Gasteiger partial charge is 0.396 e. The lowest BCUT2D eigenvalue weighted by atomic mass is 10.3. The highest BCUT2D eigenvalue weighted by atomic mass is 16.6. The van der Waals surface area contributed by atoms with Crippen LogP contribution in [-0.2, 0) is 4.74 Å². The molecule has 0 aromatic rings. The lowest BCUT2D eigenvalue weighted by Gasteiger charge is -1.81. The summed E-state index contributed by atoms with van der Waals surface area (Å²) in [5, 5.41) is 8.31. The van der Waals surface area contributed by atoms with Gasteiger partial charge in [0.05, 0.1) is 12.2 Å². The highest BCUT2D eigenvalue weighted by Gasteiger charge is 2.32. The van der Waals surface area contributed by atoms with Crippen molar-refractivity contribution in [3.63, 3.8) is 0 Å². The van der Waals surface area contributed by atoms with Crippen molar-refractivity contribution in [2.75, 3.05) is 6.61 Å². The van der Waals surface area contributed by atoms with Gasteiger partial charge in [0, 0.05) is 6.61 Å². The molecule has 0 aliphatic carbocycles. The van der Waals surface area contributed by atoms with Crippen LogP contribution in [0.2, 0.25) is 0 Å². The molecule has 1 fully saturated rings. The van der Waals surface area contributed by atoms with Crippen molar-refractivity contribution in [1.82, 2.24) is 0 Å². The minimum atomic E-state index is 0.259. The number of aliphatic hydroxyl groups excluding tert-OH is 1. The fourth-order valence-corrected chi connectivity index (χ4v) is 0.660. The number of hydrogen-bond donors (Lipinski definition) is 1. The molecule has 0 bridgehead atoms. The molecule has 0 aromatic carbocycles. The first kappa shape index (κ1) is 5.06. The Balaban J connectivity index is 1.98. The maximum atomic E-state index is 8.31. The second-order valence-electron chi connectivity index (χ2n) is 1.89. The number of epoxide rings is 1. The van der Waals surface area contributed by atoms with Crippen LogP contribution in [0.5, 0.6) is 0 Å².